The molecule has 1 aliphatic carbocycles. The van der Waals surface area contributed by atoms with Gasteiger partial charge in [-0.1, -0.05) is 42.3 Å². The first-order chi connectivity index (χ1) is 18.8. The molecule has 2 N–H and O–H groups in total. The van der Waals surface area contributed by atoms with Gasteiger partial charge in [-0.2, -0.15) is 4.31 Å². The lowest BCUT2D eigenvalue weighted by atomic mass is 9.86. The Morgan fingerprint density at radius 1 is 1.03 bits per heavy atom. The molecule has 2 aromatic carbocycles. The van der Waals surface area contributed by atoms with Gasteiger partial charge in [0.2, 0.25) is 21.8 Å². The van der Waals surface area contributed by atoms with Gasteiger partial charge >= 0.3 is 0 Å². The van der Waals surface area contributed by atoms with Crippen LogP contribution in [0.15, 0.2) is 47.4 Å². The molecule has 2 amide bonds. The number of nitrogens with one attached hydrogen (secondary N) is 2. The number of benzene rings is 2. The van der Waals surface area contributed by atoms with Gasteiger partial charge in [-0.05, 0) is 80.9 Å². The third-order valence-electron chi connectivity index (χ3n) is 8.24. The van der Waals surface area contributed by atoms with E-state index in [4.69, 9.17) is 0 Å². The first-order valence-electron chi connectivity index (χ1n) is 14.3. The first kappa shape index (κ1) is 27.8. The predicted octanol–water partition coefficient (Wildman–Crippen LogP) is 3.44. The summed E-state index contributed by atoms with van der Waals surface area (Å²) in [6, 6.07) is 12.5. The highest BCUT2D eigenvalue weighted by atomic mass is 32.2. The van der Waals surface area contributed by atoms with Gasteiger partial charge in [-0.3, -0.25) is 14.5 Å². The van der Waals surface area contributed by atoms with E-state index in [1.54, 1.807) is 24.3 Å². The van der Waals surface area contributed by atoms with Crippen LogP contribution in [0, 0.1) is 6.92 Å². The summed E-state index contributed by atoms with van der Waals surface area (Å²) >= 11 is 0. The minimum atomic E-state index is -3.86. The van der Waals surface area contributed by atoms with Crippen LogP contribution >= 0.6 is 0 Å². The maximum Gasteiger partial charge on any atom is 0.243 e. The summed E-state index contributed by atoms with van der Waals surface area (Å²) in [5, 5.41) is 5.93. The average molecular weight is 553 g/mol. The van der Waals surface area contributed by atoms with E-state index in [2.05, 4.69) is 33.7 Å². The summed E-state index contributed by atoms with van der Waals surface area (Å²) in [6.45, 7) is 5.54. The topological polar surface area (TPSA) is 98.8 Å². The van der Waals surface area contributed by atoms with Crippen LogP contribution in [0.5, 0.6) is 0 Å². The quantitative estimate of drug-likeness (QED) is 0.548. The van der Waals surface area contributed by atoms with Gasteiger partial charge in [-0.25, -0.2) is 8.42 Å². The van der Waals surface area contributed by atoms with Gasteiger partial charge in [0.25, 0.3) is 0 Å². The van der Waals surface area contributed by atoms with Crippen molar-refractivity contribution in [2.24, 2.45) is 0 Å². The highest BCUT2D eigenvalue weighted by Gasteiger charge is 2.36. The number of amides is 2. The summed E-state index contributed by atoms with van der Waals surface area (Å²) in [5.41, 5.74) is 4.73. The van der Waals surface area contributed by atoms with Crippen molar-refractivity contribution in [1.29, 1.82) is 0 Å². The van der Waals surface area contributed by atoms with Gasteiger partial charge in [0, 0.05) is 38.5 Å². The van der Waals surface area contributed by atoms with Crippen molar-refractivity contribution in [2.75, 3.05) is 26.2 Å². The summed E-state index contributed by atoms with van der Waals surface area (Å²) in [7, 11) is -3.86. The molecule has 2 heterocycles. The molecular weight excluding hydrogens is 512 g/mol. The molecule has 2 fully saturated rings. The fourth-order valence-electron chi connectivity index (χ4n) is 6.17. The molecule has 5 rings (SSSR count). The second-order valence-corrected chi connectivity index (χ2v) is 13.1. The van der Waals surface area contributed by atoms with Crippen molar-refractivity contribution in [3.8, 4) is 0 Å². The molecule has 210 valence electrons. The summed E-state index contributed by atoms with van der Waals surface area (Å²) < 4.78 is 28.4. The fraction of sp³-hybridized carbons (Fsp3) is 0.533. The van der Waals surface area contributed by atoms with Gasteiger partial charge < -0.3 is 10.6 Å². The van der Waals surface area contributed by atoms with E-state index in [1.165, 1.54) is 34.7 Å². The van der Waals surface area contributed by atoms with E-state index in [0.29, 0.717) is 0 Å². The number of aryl methyl sites for hydroxylation is 2. The van der Waals surface area contributed by atoms with Crippen molar-refractivity contribution < 1.29 is 18.0 Å². The Morgan fingerprint density at radius 3 is 2.56 bits per heavy atom. The number of piperidine rings is 1. The molecule has 2 aliphatic heterocycles. The van der Waals surface area contributed by atoms with E-state index in [-0.39, 0.29) is 48.7 Å². The van der Waals surface area contributed by atoms with Crippen LogP contribution < -0.4 is 10.6 Å². The van der Waals surface area contributed by atoms with Crippen LogP contribution in [-0.2, 0) is 32.6 Å². The lowest BCUT2D eigenvalue weighted by molar-refractivity contribution is -0.123. The van der Waals surface area contributed by atoms with E-state index in [1.807, 2.05) is 6.92 Å². The largest absolute Gasteiger partial charge is 0.355 e. The zero-order chi connectivity index (χ0) is 27.4. The normalized spacial score (nSPS) is 22.9. The molecule has 3 aliphatic rings. The van der Waals surface area contributed by atoms with E-state index >= 15 is 0 Å². The van der Waals surface area contributed by atoms with Crippen LogP contribution in [0.4, 0.5) is 0 Å². The molecule has 0 bridgehead atoms. The molecule has 0 aromatic heterocycles. The lowest BCUT2D eigenvalue weighted by Gasteiger charge is -2.31. The van der Waals surface area contributed by atoms with Crippen molar-refractivity contribution in [1.82, 2.24) is 19.8 Å². The van der Waals surface area contributed by atoms with Crippen LogP contribution in [-0.4, -0.2) is 61.7 Å². The molecule has 1 unspecified atom stereocenters. The number of nitrogens with zero attached hydrogens (tertiary/aromatic N) is 2. The number of carbonyl (C=O) groups excluding carboxylic acids is 2. The maximum atomic E-state index is 13.5. The SMILES string of the molecule is Cc1ccc(S(=O)(=O)N2CCNC(=O)CC2CC(=O)N[C@@H]2CCCc3cc(CN4CCCCC4)ccc32)cc1. The summed E-state index contributed by atoms with van der Waals surface area (Å²) in [4.78, 5) is 28.4. The van der Waals surface area contributed by atoms with Crippen molar-refractivity contribution >= 4 is 21.8 Å². The van der Waals surface area contributed by atoms with Crippen LogP contribution in [0.3, 0.4) is 0 Å². The Morgan fingerprint density at radius 2 is 1.79 bits per heavy atom. The highest BCUT2D eigenvalue weighted by Crippen LogP contribution is 2.31. The zero-order valence-electron chi connectivity index (χ0n) is 22.8. The number of fused-ring (bicyclic) bond motifs is 1. The van der Waals surface area contributed by atoms with Crippen LogP contribution in [0.25, 0.3) is 0 Å². The molecule has 8 nitrogen and oxygen atoms in total. The molecule has 0 saturated carbocycles. The second-order valence-electron chi connectivity index (χ2n) is 11.2. The fourth-order valence-corrected chi connectivity index (χ4v) is 7.80. The highest BCUT2D eigenvalue weighted by molar-refractivity contribution is 7.89. The van der Waals surface area contributed by atoms with Gasteiger partial charge in [0.05, 0.1) is 10.9 Å². The van der Waals surface area contributed by atoms with Gasteiger partial charge in [0.15, 0.2) is 0 Å². The zero-order valence-corrected chi connectivity index (χ0v) is 23.6. The smallest absolute Gasteiger partial charge is 0.243 e. The summed E-state index contributed by atoms with van der Waals surface area (Å²) in [5.74, 6) is -0.465. The van der Waals surface area contributed by atoms with Crippen LogP contribution in [0.1, 0.15) is 73.2 Å². The Bertz CT molecular complexity index is 1290. The number of rotatable bonds is 7. The predicted molar refractivity (Wildman–Crippen MR) is 150 cm³/mol. The summed E-state index contributed by atoms with van der Waals surface area (Å²) in [6.07, 6.45) is 6.60. The Kier molecular flexibility index (Phi) is 8.69. The Balaban J connectivity index is 1.28. The van der Waals surface area contributed by atoms with Crippen molar-refractivity contribution in [3.05, 3.63) is 64.7 Å². The number of hydrogen-bond donors (Lipinski definition) is 2. The second kappa shape index (κ2) is 12.2. The third kappa shape index (κ3) is 6.70. The van der Waals surface area contributed by atoms with Crippen molar-refractivity contribution in [3.63, 3.8) is 0 Å². The minimum absolute atomic E-state index is 0.0420. The molecule has 2 atom stereocenters. The maximum absolute atomic E-state index is 13.5. The molecular formula is C30H40N4O4S. The molecule has 2 aromatic rings. The lowest BCUT2D eigenvalue weighted by Crippen LogP contribution is -2.44. The monoisotopic (exact) mass is 552 g/mol. The van der Waals surface area contributed by atoms with E-state index < -0.39 is 16.1 Å². The molecule has 2 saturated heterocycles. The van der Waals surface area contributed by atoms with Crippen molar-refractivity contribution in [2.45, 2.75) is 81.8 Å². The van der Waals surface area contributed by atoms with Gasteiger partial charge in [0.1, 0.15) is 0 Å². The van der Waals surface area contributed by atoms with Gasteiger partial charge in [-0.15, -0.1) is 0 Å². The molecule has 0 spiro atoms. The third-order valence-corrected chi connectivity index (χ3v) is 10.2. The Hall–Kier alpha value is -2.75. The Labute approximate surface area is 232 Å². The van der Waals surface area contributed by atoms with Crippen LogP contribution in [0.2, 0.25) is 0 Å². The number of likely N-dealkylation sites (tertiary alicyclic amines) is 1. The van der Waals surface area contributed by atoms with E-state index in [0.717, 1.165) is 50.0 Å². The number of hydrogen-bond acceptors (Lipinski definition) is 5. The number of sulfonamides is 1. The molecule has 0 radical (unpaired) electrons. The first-order valence-corrected chi connectivity index (χ1v) is 15.7. The molecule has 39 heavy (non-hydrogen) atoms. The molecule has 9 heteroatoms. The van der Waals surface area contributed by atoms with E-state index in [9.17, 15) is 18.0 Å². The average Bonchev–Trinajstić information content (AvgIpc) is 3.10. The minimum Gasteiger partial charge on any atom is -0.355 e. The number of carbonyl (C=O) groups is 2. The standard InChI is InChI=1S/C30H40N4O4S/c1-22-8-11-26(12-9-22)39(37,38)34-17-14-31-29(35)19-25(34)20-30(36)32-28-7-5-6-24-18-23(10-13-27(24)28)21-33-15-3-2-4-16-33/h8-13,18,25,28H,2-7,14-17,19-21H2,1H3,(H,31,35)(H,32,36)/t25?,28-/m1/s1.